The first-order chi connectivity index (χ1) is 9.01. The van der Waals surface area contributed by atoms with E-state index in [2.05, 4.69) is 5.32 Å². The van der Waals surface area contributed by atoms with Crippen LogP contribution in [0, 0.1) is 6.92 Å². The van der Waals surface area contributed by atoms with Crippen molar-refractivity contribution in [1.29, 1.82) is 0 Å². The zero-order chi connectivity index (χ0) is 14.4. The fourth-order valence-electron chi connectivity index (χ4n) is 1.99. The third-order valence-electron chi connectivity index (χ3n) is 3.10. The van der Waals surface area contributed by atoms with Crippen LogP contribution in [0.1, 0.15) is 29.8 Å². The lowest BCUT2D eigenvalue weighted by molar-refractivity contribution is 0.0636. The summed E-state index contributed by atoms with van der Waals surface area (Å²) in [6, 6.07) is 6.01. The summed E-state index contributed by atoms with van der Waals surface area (Å²) in [4.78, 5) is 14.5. The van der Waals surface area contributed by atoms with Gasteiger partial charge < -0.3 is 15.0 Å². The number of anilines is 1. The van der Waals surface area contributed by atoms with E-state index in [1.54, 1.807) is 7.11 Å². The van der Waals surface area contributed by atoms with Crippen molar-refractivity contribution in [1.82, 2.24) is 4.90 Å². The van der Waals surface area contributed by atoms with Gasteiger partial charge in [-0.1, -0.05) is 11.6 Å². The number of benzene rings is 1. The highest BCUT2D eigenvalue weighted by Gasteiger charge is 2.20. The number of nitrogens with zero attached hydrogens (tertiary/aromatic N) is 1. The lowest BCUT2D eigenvalue weighted by atomic mass is 10.1. The van der Waals surface area contributed by atoms with Crippen molar-refractivity contribution in [2.75, 3.05) is 32.6 Å². The van der Waals surface area contributed by atoms with Crippen molar-refractivity contribution in [2.45, 2.75) is 26.8 Å². The van der Waals surface area contributed by atoms with Gasteiger partial charge in [-0.2, -0.15) is 0 Å². The van der Waals surface area contributed by atoms with E-state index in [1.807, 2.05) is 50.9 Å². The Labute approximate surface area is 115 Å². The molecule has 0 aliphatic rings. The van der Waals surface area contributed by atoms with Gasteiger partial charge in [-0.25, -0.2) is 0 Å². The molecule has 1 N–H and O–H groups in total. The molecule has 4 nitrogen and oxygen atoms in total. The summed E-state index contributed by atoms with van der Waals surface area (Å²) >= 11 is 0. The molecule has 0 aromatic heterocycles. The van der Waals surface area contributed by atoms with Crippen molar-refractivity contribution in [3.63, 3.8) is 0 Å². The molecule has 0 aliphatic heterocycles. The number of ether oxygens (including phenoxy) is 1. The average Bonchev–Trinajstić information content (AvgIpc) is 2.38. The van der Waals surface area contributed by atoms with Gasteiger partial charge in [0.1, 0.15) is 0 Å². The Morgan fingerprint density at radius 3 is 2.63 bits per heavy atom. The molecule has 1 aromatic carbocycles. The molecule has 0 saturated heterocycles. The van der Waals surface area contributed by atoms with E-state index < -0.39 is 0 Å². The van der Waals surface area contributed by atoms with Crippen LogP contribution < -0.4 is 5.32 Å². The molecular weight excluding hydrogens is 240 g/mol. The van der Waals surface area contributed by atoms with Crippen molar-refractivity contribution in [2.24, 2.45) is 0 Å². The molecule has 106 valence electrons. The topological polar surface area (TPSA) is 41.6 Å². The molecule has 0 fully saturated rings. The molecule has 19 heavy (non-hydrogen) atoms. The quantitative estimate of drug-likeness (QED) is 0.858. The molecule has 1 rings (SSSR count). The largest absolute Gasteiger partial charge is 0.387 e. The van der Waals surface area contributed by atoms with Gasteiger partial charge >= 0.3 is 0 Å². The van der Waals surface area contributed by atoms with Crippen LogP contribution in [-0.2, 0) is 4.74 Å². The second-order valence-electron chi connectivity index (χ2n) is 4.88. The van der Waals surface area contributed by atoms with E-state index in [4.69, 9.17) is 4.74 Å². The summed E-state index contributed by atoms with van der Waals surface area (Å²) < 4.78 is 5.08. The predicted octanol–water partition coefficient (Wildman–Crippen LogP) is 2.53. The number of methoxy groups -OCH3 is 1. The summed E-state index contributed by atoms with van der Waals surface area (Å²) in [5.41, 5.74) is 2.66. The smallest absolute Gasteiger partial charge is 0.256 e. The van der Waals surface area contributed by atoms with Gasteiger partial charge in [0.05, 0.1) is 12.2 Å². The lowest BCUT2D eigenvalue weighted by Gasteiger charge is -2.27. The van der Waals surface area contributed by atoms with Crippen LogP contribution in [0.15, 0.2) is 18.2 Å². The molecule has 1 aromatic rings. The SMILES string of the molecule is CNc1ccc(C)cc1C(=O)N(CCOC)C(C)C. The van der Waals surface area contributed by atoms with E-state index in [-0.39, 0.29) is 11.9 Å². The number of hydrogen-bond acceptors (Lipinski definition) is 3. The van der Waals surface area contributed by atoms with E-state index >= 15 is 0 Å². The van der Waals surface area contributed by atoms with Crippen LogP contribution in [0.5, 0.6) is 0 Å². The highest BCUT2D eigenvalue weighted by atomic mass is 16.5. The minimum absolute atomic E-state index is 0.0418. The molecule has 0 unspecified atom stereocenters. The molecule has 0 bridgehead atoms. The van der Waals surface area contributed by atoms with Crippen molar-refractivity contribution in [3.05, 3.63) is 29.3 Å². The highest BCUT2D eigenvalue weighted by molar-refractivity contribution is 6.00. The van der Waals surface area contributed by atoms with Gasteiger partial charge in [0, 0.05) is 32.4 Å². The summed E-state index contributed by atoms with van der Waals surface area (Å²) in [5, 5.41) is 3.07. The second kappa shape index (κ2) is 7.14. The maximum atomic E-state index is 12.7. The van der Waals surface area contributed by atoms with Gasteiger partial charge in [0.2, 0.25) is 0 Å². The molecule has 0 radical (unpaired) electrons. The highest BCUT2D eigenvalue weighted by Crippen LogP contribution is 2.20. The number of aryl methyl sites for hydroxylation is 1. The van der Waals surface area contributed by atoms with Crippen LogP contribution in [0.2, 0.25) is 0 Å². The van der Waals surface area contributed by atoms with Crippen LogP contribution >= 0.6 is 0 Å². The first kappa shape index (κ1) is 15.5. The zero-order valence-electron chi connectivity index (χ0n) is 12.5. The van der Waals surface area contributed by atoms with Gasteiger partial charge in [0.25, 0.3) is 5.91 Å². The Morgan fingerprint density at radius 1 is 1.42 bits per heavy atom. The Bertz CT molecular complexity index is 430. The number of nitrogens with one attached hydrogen (secondary N) is 1. The molecule has 0 spiro atoms. The number of carbonyl (C=O) groups excluding carboxylic acids is 1. The molecule has 0 saturated carbocycles. The third-order valence-corrected chi connectivity index (χ3v) is 3.10. The summed E-state index contributed by atoms with van der Waals surface area (Å²) in [5.74, 6) is 0.0418. The van der Waals surface area contributed by atoms with Gasteiger partial charge in [-0.3, -0.25) is 4.79 Å². The van der Waals surface area contributed by atoms with Crippen molar-refractivity contribution >= 4 is 11.6 Å². The van der Waals surface area contributed by atoms with Crippen LogP contribution in [0.25, 0.3) is 0 Å². The summed E-state index contributed by atoms with van der Waals surface area (Å²) in [7, 11) is 3.48. The maximum absolute atomic E-state index is 12.7. The van der Waals surface area contributed by atoms with Crippen LogP contribution in [0.3, 0.4) is 0 Å². The number of rotatable bonds is 6. The monoisotopic (exact) mass is 264 g/mol. The van der Waals surface area contributed by atoms with Gasteiger partial charge in [-0.05, 0) is 32.9 Å². The molecule has 0 heterocycles. The minimum Gasteiger partial charge on any atom is -0.387 e. The third kappa shape index (κ3) is 3.96. The summed E-state index contributed by atoms with van der Waals surface area (Å²) in [6.07, 6.45) is 0. The Kier molecular flexibility index (Phi) is 5.83. The molecular formula is C15H24N2O2. The first-order valence-electron chi connectivity index (χ1n) is 6.59. The lowest BCUT2D eigenvalue weighted by Crippen LogP contribution is -2.39. The van der Waals surface area contributed by atoms with E-state index in [9.17, 15) is 4.79 Å². The van der Waals surface area contributed by atoms with Crippen molar-refractivity contribution in [3.8, 4) is 0 Å². The number of carbonyl (C=O) groups is 1. The number of amides is 1. The van der Waals surface area contributed by atoms with Crippen LogP contribution in [-0.4, -0.2) is 44.2 Å². The summed E-state index contributed by atoms with van der Waals surface area (Å²) in [6.45, 7) is 7.17. The average molecular weight is 264 g/mol. The standard InChI is InChI=1S/C15H24N2O2/c1-11(2)17(8-9-19-5)15(18)13-10-12(3)6-7-14(13)16-4/h6-7,10-11,16H,8-9H2,1-5H3. The van der Waals surface area contributed by atoms with Gasteiger partial charge in [-0.15, -0.1) is 0 Å². The van der Waals surface area contributed by atoms with E-state index in [0.717, 1.165) is 11.3 Å². The van der Waals surface area contributed by atoms with E-state index in [0.29, 0.717) is 18.7 Å². The fourth-order valence-corrected chi connectivity index (χ4v) is 1.99. The predicted molar refractivity (Wildman–Crippen MR) is 78.8 cm³/mol. The zero-order valence-corrected chi connectivity index (χ0v) is 12.5. The van der Waals surface area contributed by atoms with Crippen molar-refractivity contribution < 1.29 is 9.53 Å². The molecule has 0 aliphatic carbocycles. The molecule has 1 amide bonds. The molecule has 4 heteroatoms. The number of hydrogen-bond donors (Lipinski definition) is 1. The Morgan fingerprint density at radius 2 is 2.11 bits per heavy atom. The Hall–Kier alpha value is -1.55. The molecule has 0 atom stereocenters. The van der Waals surface area contributed by atoms with Gasteiger partial charge in [0.15, 0.2) is 0 Å². The van der Waals surface area contributed by atoms with E-state index in [1.165, 1.54) is 0 Å². The maximum Gasteiger partial charge on any atom is 0.256 e. The second-order valence-corrected chi connectivity index (χ2v) is 4.88. The Balaban J connectivity index is 3.04. The minimum atomic E-state index is 0.0418. The van der Waals surface area contributed by atoms with Crippen LogP contribution in [0.4, 0.5) is 5.69 Å². The fraction of sp³-hybridized carbons (Fsp3) is 0.533. The normalized spacial score (nSPS) is 10.6. The first-order valence-corrected chi connectivity index (χ1v) is 6.59.